The molecule has 7 nitrogen and oxygen atoms in total. The molecule has 1 aromatic heterocycles. The molecule has 1 fully saturated rings. The van der Waals surface area contributed by atoms with E-state index in [0.29, 0.717) is 28.9 Å². The largest absolute Gasteiger partial charge is 0.495 e. The molecule has 0 spiro atoms. The Morgan fingerprint density at radius 2 is 2.26 bits per heavy atom. The fourth-order valence-corrected chi connectivity index (χ4v) is 4.14. The van der Waals surface area contributed by atoms with Gasteiger partial charge >= 0.3 is 5.97 Å². The Balaban J connectivity index is 1.66. The van der Waals surface area contributed by atoms with Crippen molar-refractivity contribution < 1.29 is 14.3 Å². The summed E-state index contributed by atoms with van der Waals surface area (Å²) in [7, 11) is 1.64. The highest BCUT2D eigenvalue weighted by Gasteiger charge is 2.27. The van der Waals surface area contributed by atoms with Gasteiger partial charge in [-0.2, -0.15) is 0 Å². The average Bonchev–Trinajstić information content (AvgIpc) is 3.01. The third kappa shape index (κ3) is 5.06. The number of piperidine rings is 1. The molecule has 1 atom stereocenters. The van der Waals surface area contributed by atoms with E-state index in [9.17, 15) is 4.79 Å². The van der Waals surface area contributed by atoms with Gasteiger partial charge in [-0.15, -0.1) is 5.10 Å². The van der Waals surface area contributed by atoms with Crippen molar-refractivity contribution in [3.8, 4) is 5.75 Å². The second-order valence-corrected chi connectivity index (χ2v) is 7.93. The van der Waals surface area contributed by atoms with Gasteiger partial charge in [0.25, 0.3) is 0 Å². The number of esters is 1. The summed E-state index contributed by atoms with van der Waals surface area (Å²) in [4.78, 5) is 14.2. The fraction of sp³-hybridized carbons (Fsp3) is 0.500. The molecule has 1 aromatic carbocycles. The molecular formula is C18H24N4O3S2. The van der Waals surface area contributed by atoms with Gasteiger partial charge in [-0.25, -0.2) is 4.68 Å². The summed E-state index contributed by atoms with van der Waals surface area (Å²) < 4.78 is 13.0. The third-order valence-corrected chi connectivity index (χ3v) is 5.64. The minimum absolute atomic E-state index is 0.0716. The quantitative estimate of drug-likeness (QED) is 0.554. The van der Waals surface area contributed by atoms with Crippen LogP contribution in [0.2, 0.25) is 0 Å². The Labute approximate surface area is 167 Å². The highest BCUT2D eigenvalue weighted by Crippen LogP contribution is 2.28. The number of carbonyl (C=O) groups is 1. The van der Waals surface area contributed by atoms with Gasteiger partial charge in [-0.05, 0) is 50.7 Å². The van der Waals surface area contributed by atoms with Gasteiger partial charge in [0, 0.05) is 6.54 Å². The monoisotopic (exact) mass is 408 g/mol. The zero-order valence-corrected chi connectivity index (χ0v) is 17.1. The zero-order valence-electron chi connectivity index (χ0n) is 15.5. The first kappa shape index (κ1) is 19.8. The Hall–Kier alpha value is -1.97. The number of hydrogen-bond donors (Lipinski definition) is 1. The van der Waals surface area contributed by atoms with E-state index >= 15 is 0 Å². The van der Waals surface area contributed by atoms with E-state index in [1.54, 1.807) is 11.8 Å². The van der Waals surface area contributed by atoms with E-state index in [0.717, 1.165) is 30.8 Å². The number of carbonyl (C=O) groups excluding carboxylic acids is 1. The van der Waals surface area contributed by atoms with E-state index in [1.165, 1.54) is 11.3 Å². The number of likely N-dealkylation sites (tertiary alicyclic amines) is 1. The SMILES string of the molecule is CCOC(=O)[C@@H]1CCCN(Cn2nc(Nc3ccccc3OC)sc2=S)C1. The summed E-state index contributed by atoms with van der Waals surface area (Å²) in [5, 5.41) is 8.57. The standard InChI is InChI=1S/C18H24N4O3S2/c1-3-25-16(23)13-7-6-10-21(11-13)12-22-18(26)27-17(20-22)19-14-8-4-5-9-15(14)24-2/h4-5,8-9,13H,3,6-7,10-12H2,1-2H3,(H,19,20)/t13-/m1/s1. The molecule has 9 heteroatoms. The first-order chi connectivity index (χ1) is 13.1. The van der Waals surface area contributed by atoms with E-state index in [4.69, 9.17) is 21.7 Å². The van der Waals surface area contributed by atoms with Gasteiger partial charge in [0.2, 0.25) is 5.13 Å². The van der Waals surface area contributed by atoms with Crippen LogP contribution in [0.1, 0.15) is 19.8 Å². The van der Waals surface area contributed by atoms with Gasteiger partial charge in [0.1, 0.15) is 5.75 Å². The Kier molecular flexibility index (Phi) is 6.81. The van der Waals surface area contributed by atoms with Crippen LogP contribution in [0.25, 0.3) is 0 Å². The average molecular weight is 409 g/mol. The summed E-state index contributed by atoms with van der Waals surface area (Å²) in [6, 6.07) is 7.68. The number of para-hydroxylation sites is 2. The van der Waals surface area contributed by atoms with Gasteiger partial charge < -0.3 is 14.8 Å². The van der Waals surface area contributed by atoms with Crippen LogP contribution in [0.15, 0.2) is 24.3 Å². The number of nitrogens with one attached hydrogen (secondary N) is 1. The van der Waals surface area contributed by atoms with Gasteiger partial charge in [-0.1, -0.05) is 23.5 Å². The predicted molar refractivity (Wildman–Crippen MR) is 108 cm³/mol. The second-order valence-electron chi connectivity index (χ2n) is 6.31. The molecule has 0 saturated carbocycles. The maximum Gasteiger partial charge on any atom is 0.310 e. The molecule has 1 N–H and O–H groups in total. The summed E-state index contributed by atoms with van der Waals surface area (Å²) in [6.07, 6.45) is 1.84. The van der Waals surface area contributed by atoms with Crippen molar-refractivity contribution in [1.82, 2.24) is 14.7 Å². The maximum absolute atomic E-state index is 12.0. The lowest BCUT2D eigenvalue weighted by molar-refractivity contribution is -0.150. The van der Waals surface area contributed by atoms with Crippen LogP contribution >= 0.6 is 23.6 Å². The molecule has 2 heterocycles. The molecular weight excluding hydrogens is 384 g/mol. The lowest BCUT2D eigenvalue weighted by Crippen LogP contribution is -2.40. The molecule has 0 radical (unpaired) electrons. The van der Waals surface area contributed by atoms with Crippen molar-refractivity contribution in [3.05, 3.63) is 28.2 Å². The first-order valence-corrected chi connectivity index (χ1v) is 10.2. The smallest absolute Gasteiger partial charge is 0.310 e. The van der Waals surface area contributed by atoms with E-state index in [2.05, 4.69) is 15.3 Å². The molecule has 1 aliphatic heterocycles. The second kappa shape index (κ2) is 9.29. The number of benzene rings is 1. The van der Waals surface area contributed by atoms with Crippen LogP contribution in [0.5, 0.6) is 5.75 Å². The Morgan fingerprint density at radius 3 is 3.04 bits per heavy atom. The summed E-state index contributed by atoms with van der Waals surface area (Å²) >= 11 is 6.88. The van der Waals surface area contributed by atoms with Crippen LogP contribution in [0, 0.1) is 9.87 Å². The van der Waals surface area contributed by atoms with Crippen molar-refractivity contribution in [2.75, 3.05) is 32.1 Å². The minimum Gasteiger partial charge on any atom is -0.495 e. The molecule has 0 amide bonds. The van der Waals surface area contributed by atoms with Crippen LogP contribution in [-0.4, -0.2) is 47.5 Å². The van der Waals surface area contributed by atoms with Crippen LogP contribution < -0.4 is 10.1 Å². The summed E-state index contributed by atoms with van der Waals surface area (Å²) in [5.74, 6) is 0.568. The summed E-state index contributed by atoms with van der Waals surface area (Å²) in [5.41, 5.74) is 0.844. The van der Waals surface area contributed by atoms with Crippen molar-refractivity contribution in [1.29, 1.82) is 0 Å². The number of hydrogen-bond acceptors (Lipinski definition) is 8. The number of aromatic nitrogens is 2. The minimum atomic E-state index is -0.109. The van der Waals surface area contributed by atoms with E-state index in [1.807, 2.05) is 31.2 Å². The highest BCUT2D eigenvalue weighted by atomic mass is 32.1. The highest BCUT2D eigenvalue weighted by molar-refractivity contribution is 7.73. The number of ether oxygens (including phenoxy) is 2. The van der Waals surface area contributed by atoms with Crippen molar-refractivity contribution in [3.63, 3.8) is 0 Å². The lowest BCUT2D eigenvalue weighted by Gasteiger charge is -2.31. The molecule has 1 saturated heterocycles. The molecule has 27 heavy (non-hydrogen) atoms. The summed E-state index contributed by atoms with van der Waals surface area (Å²) in [6.45, 7) is 4.42. The van der Waals surface area contributed by atoms with Gasteiger partial charge in [-0.3, -0.25) is 9.69 Å². The Morgan fingerprint density at radius 1 is 1.44 bits per heavy atom. The first-order valence-electron chi connectivity index (χ1n) is 8.97. The van der Waals surface area contributed by atoms with Crippen molar-refractivity contribution >= 4 is 40.3 Å². The van der Waals surface area contributed by atoms with Crippen LogP contribution in [-0.2, 0) is 16.2 Å². The van der Waals surface area contributed by atoms with Gasteiger partial charge in [0.15, 0.2) is 3.95 Å². The van der Waals surface area contributed by atoms with Gasteiger partial charge in [0.05, 0.1) is 32.0 Å². The van der Waals surface area contributed by atoms with E-state index in [-0.39, 0.29) is 11.9 Å². The molecule has 0 unspecified atom stereocenters. The molecule has 3 rings (SSSR count). The predicted octanol–water partition coefficient (Wildman–Crippen LogP) is 3.66. The number of anilines is 2. The third-order valence-electron chi connectivity index (χ3n) is 4.41. The number of methoxy groups -OCH3 is 1. The topological polar surface area (TPSA) is 68.6 Å². The zero-order chi connectivity index (χ0) is 19.2. The van der Waals surface area contributed by atoms with Crippen molar-refractivity contribution in [2.45, 2.75) is 26.4 Å². The molecule has 2 aromatic rings. The fourth-order valence-electron chi connectivity index (χ4n) is 3.14. The van der Waals surface area contributed by atoms with Crippen LogP contribution in [0.3, 0.4) is 0 Å². The molecule has 1 aliphatic rings. The number of nitrogens with zero attached hydrogens (tertiary/aromatic N) is 3. The Bertz CT molecular complexity index is 836. The molecule has 0 bridgehead atoms. The normalized spacial score (nSPS) is 17.5. The van der Waals surface area contributed by atoms with Crippen molar-refractivity contribution in [2.24, 2.45) is 5.92 Å². The number of rotatable bonds is 7. The van der Waals surface area contributed by atoms with E-state index < -0.39 is 0 Å². The lowest BCUT2D eigenvalue weighted by atomic mass is 9.99. The molecule has 0 aliphatic carbocycles. The maximum atomic E-state index is 12.0. The molecule has 146 valence electrons. The van der Waals surface area contributed by atoms with Crippen LogP contribution in [0.4, 0.5) is 10.8 Å².